The van der Waals surface area contributed by atoms with E-state index in [-0.39, 0.29) is 11.0 Å². The van der Waals surface area contributed by atoms with Gasteiger partial charge in [-0.3, -0.25) is 4.79 Å². The molecule has 0 atom stereocenters. The SMILES string of the molecule is COC(=O)CCCOc1cc(OC)cc(C(N)=S)c1. The Bertz CT molecular complexity index is 462. The van der Waals surface area contributed by atoms with E-state index in [1.165, 1.54) is 7.11 Å². The number of nitrogens with two attached hydrogens (primary N) is 1. The topological polar surface area (TPSA) is 70.8 Å². The van der Waals surface area contributed by atoms with Crippen LogP contribution in [0.25, 0.3) is 0 Å². The molecule has 1 aromatic rings. The van der Waals surface area contributed by atoms with Crippen LogP contribution in [0.3, 0.4) is 0 Å². The molecule has 19 heavy (non-hydrogen) atoms. The van der Waals surface area contributed by atoms with Gasteiger partial charge in [0.05, 0.1) is 20.8 Å². The highest BCUT2D eigenvalue weighted by atomic mass is 32.1. The Kier molecular flexibility index (Phi) is 6.08. The van der Waals surface area contributed by atoms with Crippen LogP contribution in [0.15, 0.2) is 18.2 Å². The first-order valence-corrected chi connectivity index (χ1v) is 6.16. The third-order valence-corrected chi connectivity index (χ3v) is 2.66. The maximum atomic E-state index is 10.9. The average molecular weight is 283 g/mol. The largest absolute Gasteiger partial charge is 0.497 e. The molecule has 0 bridgehead atoms. The van der Waals surface area contributed by atoms with E-state index in [2.05, 4.69) is 4.74 Å². The molecule has 0 saturated carbocycles. The quantitative estimate of drug-likeness (QED) is 0.466. The minimum Gasteiger partial charge on any atom is -0.497 e. The van der Waals surface area contributed by atoms with Gasteiger partial charge in [-0.25, -0.2) is 0 Å². The van der Waals surface area contributed by atoms with E-state index in [0.717, 1.165) is 0 Å². The fraction of sp³-hybridized carbons (Fsp3) is 0.385. The van der Waals surface area contributed by atoms with E-state index in [0.29, 0.717) is 36.5 Å². The van der Waals surface area contributed by atoms with Crippen LogP contribution in [0.2, 0.25) is 0 Å². The van der Waals surface area contributed by atoms with Gasteiger partial charge in [0.15, 0.2) is 0 Å². The lowest BCUT2D eigenvalue weighted by Crippen LogP contribution is -2.10. The number of hydrogen-bond donors (Lipinski definition) is 1. The van der Waals surface area contributed by atoms with Crippen molar-refractivity contribution in [2.75, 3.05) is 20.8 Å². The molecule has 0 radical (unpaired) electrons. The second-order valence-corrected chi connectivity index (χ2v) is 4.23. The molecule has 0 aliphatic carbocycles. The van der Waals surface area contributed by atoms with E-state index in [4.69, 9.17) is 27.4 Å². The first-order chi connectivity index (χ1) is 9.06. The Labute approximate surface area is 117 Å². The van der Waals surface area contributed by atoms with Gasteiger partial charge in [0.2, 0.25) is 0 Å². The van der Waals surface area contributed by atoms with Crippen LogP contribution >= 0.6 is 12.2 Å². The molecule has 0 aliphatic rings. The molecule has 0 unspecified atom stereocenters. The molecular weight excluding hydrogens is 266 g/mol. The van der Waals surface area contributed by atoms with Gasteiger partial charge in [0.25, 0.3) is 0 Å². The number of rotatable bonds is 7. The average Bonchev–Trinajstić information content (AvgIpc) is 2.42. The lowest BCUT2D eigenvalue weighted by Gasteiger charge is -2.10. The summed E-state index contributed by atoms with van der Waals surface area (Å²) in [4.78, 5) is 11.2. The van der Waals surface area contributed by atoms with E-state index >= 15 is 0 Å². The monoisotopic (exact) mass is 283 g/mol. The third-order valence-electron chi connectivity index (χ3n) is 2.42. The molecule has 6 heteroatoms. The van der Waals surface area contributed by atoms with Crippen molar-refractivity contribution in [2.24, 2.45) is 5.73 Å². The van der Waals surface area contributed by atoms with E-state index in [1.54, 1.807) is 25.3 Å². The highest BCUT2D eigenvalue weighted by Gasteiger charge is 2.05. The molecule has 1 rings (SSSR count). The van der Waals surface area contributed by atoms with Crippen molar-refractivity contribution in [3.05, 3.63) is 23.8 Å². The minimum atomic E-state index is -0.252. The van der Waals surface area contributed by atoms with Gasteiger partial charge in [-0.1, -0.05) is 12.2 Å². The van der Waals surface area contributed by atoms with Crippen LogP contribution in [-0.4, -0.2) is 31.8 Å². The summed E-state index contributed by atoms with van der Waals surface area (Å²) in [5, 5.41) is 0. The number of carbonyl (C=O) groups is 1. The predicted octanol–water partition coefficient (Wildman–Crippen LogP) is 1.66. The van der Waals surface area contributed by atoms with Crippen LogP contribution in [0.5, 0.6) is 11.5 Å². The van der Waals surface area contributed by atoms with Gasteiger partial charge < -0.3 is 19.9 Å². The molecule has 0 saturated heterocycles. The lowest BCUT2D eigenvalue weighted by atomic mass is 10.2. The van der Waals surface area contributed by atoms with Crippen molar-refractivity contribution in [3.8, 4) is 11.5 Å². The van der Waals surface area contributed by atoms with Crippen molar-refractivity contribution in [1.82, 2.24) is 0 Å². The number of esters is 1. The van der Waals surface area contributed by atoms with Gasteiger partial charge in [0, 0.05) is 18.1 Å². The standard InChI is InChI=1S/C13H17NO4S/c1-16-10-6-9(13(14)19)7-11(8-10)18-5-3-4-12(15)17-2/h6-8H,3-5H2,1-2H3,(H2,14,19). The molecule has 0 aliphatic heterocycles. The summed E-state index contributed by atoms with van der Waals surface area (Å²) in [6.07, 6.45) is 0.898. The zero-order valence-electron chi connectivity index (χ0n) is 11.0. The summed E-state index contributed by atoms with van der Waals surface area (Å²) in [6, 6.07) is 5.21. The van der Waals surface area contributed by atoms with Gasteiger partial charge in [-0.05, 0) is 18.6 Å². The van der Waals surface area contributed by atoms with Crippen LogP contribution < -0.4 is 15.2 Å². The number of methoxy groups -OCH3 is 2. The predicted molar refractivity (Wildman–Crippen MR) is 75.6 cm³/mol. The molecule has 5 nitrogen and oxygen atoms in total. The molecule has 1 aromatic carbocycles. The molecule has 0 amide bonds. The number of carbonyl (C=O) groups excluding carboxylic acids is 1. The lowest BCUT2D eigenvalue weighted by molar-refractivity contribution is -0.140. The molecule has 0 fully saturated rings. The first-order valence-electron chi connectivity index (χ1n) is 5.75. The molecule has 0 heterocycles. The summed E-state index contributed by atoms with van der Waals surface area (Å²) >= 11 is 4.92. The van der Waals surface area contributed by atoms with Gasteiger partial charge >= 0.3 is 5.97 Å². The van der Waals surface area contributed by atoms with Gasteiger partial charge in [-0.2, -0.15) is 0 Å². The summed E-state index contributed by atoms with van der Waals surface area (Å²) in [7, 11) is 2.92. The summed E-state index contributed by atoms with van der Waals surface area (Å²) in [5.41, 5.74) is 6.26. The Hall–Kier alpha value is -1.82. The number of thiocarbonyl (C=S) groups is 1. The van der Waals surface area contributed by atoms with E-state index < -0.39 is 0 Å². The van der Waals surface area contributed by atoms with Crippen molar-refractivity contribution >= 4 is 23.2 Å². The van der Waals surface area contributed by atoms with Gasteiger partial charge in [-0.15, -0.1) is 0 Å². The van der Waals surface area contributed by atoms with E-state index in [1.807, 2.05) is 0 Å². The zero-order chi connectivity index (χ0) is 14.3. The third kappa shape index (κ3) is 5.13. The fourth-order valence-electron chi connectivity index (χ4n) is 1.42. The van der Waals surface area contributed by atoms with E-state index in [9.17, 15) is 4.79 Å². The second-order valence-electron chi connectivity index (χ2n) is 3.79. The van der Waals surface area contributed by atoms with Crippen LogP contribution in [0.1, 0.15) is 18.4 Å². The number of hydrogen-bond acceptors (Lipinski definition) is 5. The molecule has 0 spiro atoms. The molecule has 104 valence electrons. The maximum Gasteiger partial charge on any atom is 0.305 e. The highest BCUT2D eigenvalue weighted by molar-refractivity contribution is 7.80. The maximum absolute atomic E-state index is 10.9. The minimum absolute atomic E-state index is 0.252. The van der Waals surface area contributed by atoms with Crippen molar-refractivity contribution in [1.29, 1.82) is 0 Å². The zero-order valence-corrected chi connectivity index (χ0v) is 11.8. The Morgan fingerprint density at radius 3 is 2.53 bits per heavy atom. The van der Waals surface area contributed by atoms with Gasteiger partial charge in [0.1, 0.15) is 16.5 Å². The highest BCUT2D eigenvalue weighted by Crippen LogP contribution is 2.23. The first kappa shape index (κ1) is 15.2. The van der Waals surface area contributed by atoms with Crippen molar-refractivity contribution in [2.45, 2.75) is 12.8 Å². The van der Waals surface area contributed by atoms with Crippen molar-refractivity contribution in [3.63, 3.8) is 0 Å². The smallest absolute Gasteiger partial charge is 0.305 e. The molecular formula is C13H17NO4S. The summed E-state index contributed by atoms with van der Waals surface area (Å²) in [5.74, 6) is 0.971. The van der Waals surface area contributed by atoms with Crippen molar-refractivity contribution < 1.29 is 19.0 Å². The normalized spacial score (nSPS) is 9.79. The molecule has 2 N–H and O–H groups in total. The van der Waals surface area contributed by atoms with Crippen LogP contribution in [0, 0.1) is 0 Å². The van der Waals surface area contributed by atoms with Crippen LogP contribution in [0.4, 0.5) is 0 Å². The number of benzene rings is 1. The second kappa shape index (κ2) is 7.58. The Balaban J connectivity index is 2.60. The summed E-state index contributed by atoms with van der Waals surface area (Å²) in [6.45, 7) is 0.402. The Morgan fingerprint density at radius 2 is 1.95 bits per heavy atom. The molecule has 0 aromatic heterocycles. The Morgan fingerprint density at radius 1 is 1.26 bits per heavy atom. The fourth-order valence-corrected chi connectivity index (χ4v) is 1.54. The van der Waals surface area contributed by atoms with Crippen LogP contribution in [-0.2, 0) is 9.53 Å². The summed E-state index contributed by atoms with van der Waals surface area (Å²) < 4.78 is 15.2. The number of ether oxygens (including phenoxy) is 3.